The number of carbonyl (C=O) groups excluding carboxylic acids is 2. The number of amides is 1. The number of nitriles is 1. The maximum absolute atomic E-state index is 13.8. The number of hydrogen-bond donors (Lipinski definition) is 0. The first-order valence-corrected chi connectivity index (χ1v) is 15.3. The Morgan fingerprint density at radius 2 is 1.95 bits per heavy atom. The van der Waals surface area contributed by atoms with Gasteiger partial charge in [0.1, 0.15) is 0 Å². The molecule has 198 valence electrons. The second kappa shape index (κ2) is 11.9. The Labute approximate surface area is 246 Å². The molecule has 7 nitrogen and oxygen atoms in total. The van der Waals surface area contributed by atoms with Crippen LogP contribution in [0.25, 0.3) is 0 Å². The van der Waals surface area contributed by atoms with Crippen molar-refractivity contribution >= 4 is 60.1 Å². The van der Waals surface area contributed by atoms with Crippen LogP contribution in [-0.4, -0.2) is 44.2 Å². The number of benzene rings is 3. The van der Waals surface area contributed by atoms with Gasteiger partial charge >= 0.3 is 138 Å². The maximum atomic E-state index is 13.8. The molecule has 0 N–H and O–H groups in total. The van der Waals surface area contributed by atoms with Crippen molar-refractivity contribution in [3.05, 3.63) is 92.9 Å². The zero-order valence-corrected chi connectivity index (χ0v) is 24.9. The second-order valence-corrected chi connectivity index (χ2v) is 13.2. The number of carbonyl (C=O) groups is 2. The zero-order chi connectivity index (χ0) is 27.5. The molecule has 0 aromatic heterocycles. The van der Waals surface area contributed by atoms with Crippen LogP contribution in [0, 0.1) is 16.1 Å². The van der Waals surface area contributed by atoms with Crippen LogP contribution in [0.3, 0.4) is 0 Å². The van der Waals surface area contributed by atoms with Crippen molar-refractivity contribution in [1.82, 2.24) is 5.01 Å². The van der Waals surface area contributed by atoms with E-state index in [0.29, 0.717) is 29.5 Å². The summed E-state index contributed by atoms with van der Waals surface area (Å²) in [5, 5.41) is 15.6. The van der Waals surface area contributed by atoms with E-state index in [0.717, 1.165) is 26.9 Å². The standard InChI is InChI=1S/C29H23BrClN3O4Se/c1-17(39-16-32)15-37-23-11-6-20-12-24(29(36)38-27(20)13-23)28(35)34-26(19-4-9-22(31)10-5-19)14-25(33-34)18-2-7-21(30)8-3-18/h2-11,13,17,24,26H,12,14-15H2,1H3. The minimum atomic E-state index is -1.02. The number of fused-ring (bicyclic) bond motifs is 1. The van der Waals surface area contributed by atoms with Gasteiger partial charge in [-0.05, 0) is 35.4 Å². The zero-order valence-electron chi connectivity index (χ0n) is 20.8. The Kier molecular flexibility index (Phi) is 8.39. The number of ether oxygens (including phenoxy) is 2. The molecule has 3 atom stereocenters. The summed E-state index contributed by atoms with van der Waals surface area (Å²) in [6, 6.07) is 20.0. The first-order valence-electron chi connectivity index (χ1n) is 12.3. The van der Waals surface area contributed by atoms with Crippen LogP contribution in [0.5, 0.6) is 11.5 Å². The molecule has 3 aromatic carbocycles. The van der Waals surface area contributed by atoms with Crippen LogP contribution in [0.15, 0.2) is 76.3 Å². The van der Waals surface area contributed by atoms with E-state index >= 15 is 0 Å². The first-order chi connectivity index (χ1) is 18.8. The second-order valence-electron chi connectivity index (χ2n) is 9.29. The van der Waals surface area contributed by atoms with Gasteiger partial charge in [-0.25, -0.2) is 0 Å². The summed E-state index contributed by atoms with van der Waals surface area (Å²) in [4.78, 5) is 29.2. The van der Waals surface area contributed by atoms with Gasteiger partial charge in [-0.2, -0.15) is 0 Å². The third kappa shape index (κ3) is 6.21. The van der Waals surface area contributed by atoms with Crippen LogP contribution in [-0.2, 0) is 16.0 Å². The van der Waals surface area contributed by atoms with Gasteiger partial charge in [0, 0.05) is 15.9 Å². The molecule has 3 aromatic rings. The summed E-state index contributed by atoms with van der Waals surface area (Å²) in [5.41, 5.74) is 3.28. The number of rotatable bonds is 7. The van der Waals surface area contributed by atoms with Gasteiger partial charge in [-0.15, -0.1) is 0 Å². The van der Waals surface area contributed by atoms with Crippen LogP contribution >= 0.6 is 27.5 Å². The fraction of sp³-hybridized carbons (Fsp3) is 0.241. The summed E-state index contributed by atoms with van der Waals surface area (Å²) < 4.78 is 12.3. The van der Waals surface area contributed by atoms with Crippen molar-refractivity contribution in [2.75, 3.05) is 6.61 Å². The van der Waals surface area contributed by atoms with Crippen LogP contribution < -0.4 is 9.47 Å². The molecule has 39 heavy (non-hydrogen) atoms. The van der Waals surface area contributed by atoms with Gasteiger partial charge in [0.15, 0.2) is 0 Å². The quantitative estimate of drug-likeness (QED) is 0.134. The van der Waals surface area contributed by atoms with Gasteiger partial charge < -0.3 is 0 Å². The summed E-state index contributed by atoms with van der Waals surface area (Å²) in [5.74, 6) is -1.11. The van der Waals surface area contributed by atoms with Crippen molar-refractivity contribution in [2.24, 2.45) is 11.0 Å². The predicted octanol–water partition coefficient (Wildman–Crippen LogP) is 5.93. The molecule has 2 aliphatic rings. The molecule has 0 spiro atoms. The van der Waals surface area contributed by atoms with E-state index in [4.69, 9.17) is 31.4 Å². The van der Waals surface area contributed by atoms with E-state index in [1.54, 1.807) is 24.3 Å². The van der Waals surface area contributed by atoms with E-state index in [1.165, 1.54) is 5.01 Å². The molecule has 1 amide bonds. The molecule has 3 unspecified atom stereocenters. The molecule has 0 saturated heterocycles. The number of halogens is 2. The van der Waals surface area contributed by atoms with Crippen molar-refractivity contribution in [3.8, 4) is 16.5 Å². The predicted molar refractivity (Wildman–Crippen MR) is 152 cm³/mol. The summed E-state index contributed by atoms with van der Waals surface area (Å²) >= 11 is 9.41. The molecule has 0 radical (unpaired) electrons. The summed E-state index contributed by atoms with van der Waals surface area (Å²) in [7, 11) is 0. The number of hydrogen-bond acceptors (Lipinski definition) is 6. The minimum absolute atomic E-state index is 0.139. The topological polar surface area (TPSA) is 92.0 Å². The van der Waals surface area contributed by atoms with Crippen LogP contribution in [0.2, 0.25) is 9.84 Å². The number of nitrogens with zero attached hydrogens (tertiary/aromatic N) is 3. The SMILES string of the molecule is CC(COc1ccc2c(c1)OC(=O)C(C(=O)N1N=C(c3ccc(Br)cc3)CC1c1ccc(Cl)cc1)C2)[Se]C#N. The van der Waals surface area contributed by atoms with Gasteiger partial charge in [-0.3, -0.25) is 0 Å². The molecule has 0 saturated carbocycles. The molecule has 2 heterocycles. The Morgan fingerprint density at radius 3 is 2.67 bits per heavy atom. The van der Waals surface area contributed by atoms with Crippen molar-refractivity contribution in [1.29, 1.82) is 5.26 Å². The Balaban J connectivity index is 1.38. The molecular formula is C29H23BrClN3O4Se. The van der Waals surface area contributed by atoms with Gasteiger partial charge in [0.25, 0.3) is 0 Å². The van der Waals surface area contributed by atoms with E-state index in [1.807, 2.05) is 49.4 Å². The summed E-state index contributed by atoms with van der Waals surface area (Å²) in [6.45, 7) is 2.36. The van der Waals surface area contributed by atoms with Crippen molar-refractivity contribution in [3.63, 3.8) is 0 Å². The third-order valence-electron chi connectivity index (χ3n) is 6.56. The van der Waals surface area contributed by atoms with Gasteiger partial charge in [0.05, 0.1) is 5.71 Å². The van der Waals surface area contributed by atoms with Gasteiger partial charge in [0.2, 0.25) is 0 Å². The molecule has 0 fully saturated rings. The van der Waals surface area contributed by atoms with Crippen molar-refractivity contribution in [2.45, 2.75) is 30.6 Å². The molecule has 0 bridgehead atoms. The monoisotopic (exact) mass is 671 g/mol. The van der Waals surface area contributed by atoms with E-state index in [-0.39, 0.29) is 32.2 Å². The van der Waals surface area contributed by atoms with Crippen LogP contribution in [0.1, 0.15) is 36.1 Å². The first kappa shape index (κ1) is 27.4. The fourth-order valence-electron chi connectivity index (χ4n) is 4.53. The normalized spacial score (nSPS) is 19.0. The molecule has 0 aliphatic carbocycles. The number of esters is 1. The Morgan fingerprint density at radius 1 is 1.21 bits per heavy atom. The number of hydrazone groups is 1. The average molecular weight is 672 g/mol. The average Bonchev–Trinajstić information content (AvgIpc) is 3.37. The van der Waals surface area contributed by atoms with Crippen molar-refractivity contribution < 1.29 is 19.1 Å². The Bertz CT molecular complexity index is 1470. The van der Waals surface area contributed by atoms with E-state index in [9.17, 15) is 9.59 Å². The third-order valence-corrected chi connectivity index (χ3v) is 8.69. The molecule has 10 heteroatoms. The molecular weight excluding hydrogens is 649 g/mol. The fourth-order valence-corrected chi connectivity index (χ4v) is 5.58. The molecule has 5 rings (SSSR count). The molecule has 2 aliphatic heterocycles. The van der Waals surface area contributed by atoms with Gasteiger partial charge in [-0.1, -0.05) is 51.8 Å². The van der Waals surface area contributed by atoms with E-state index < -0.39 is 17.8 Å². The summed E-state index contributed by atoms with van der Waals surface area (Å²) in [6.07, 6.45) is 0.702. The Hall–Kier alpha value is -3.15. The van der Waals surface area contributed by atoms with Crippen LogP contribution in [0.4, 0.5) is 0 Å². The van der Waals surface area contributed by atoms with E-state index in [2.05, 4.69) is 20.9 Å².